The van der Waals surface area contributed by atoms with Crippen molar-refractivity contribution in [3.8, 4) is 0 Å². The molecule has 0 spiro atoms. The number of carbonyl (C=O) groups excluding carboxylic acids is 13. The highest BCUT2D eigenvalue weighted by atomic mass is 32.2. The number of hydrogen-bond donors (Lipinski definition) is 12. The van der Waals surface area contributed by atoms with E-state index >= 15 is 9.59 Å². The molecule has 3 aliphatic heterocycles. The van der Waals surface area contributed by atoms with Gasteiger partial charge in [-0.2, -0.15) is 24.8 Å². The van der Waals surface area contributed by atoms with Crippen LogP contribution in [0.15, 0.2) is 119 Å². The highest BCUT2D eigenvalue weighted by Gasteiger charge is 2.46. The number of thioether (sulfide) groups is 1. The number of rotatable bonds is 72. The molecule has 3 aromatic rings. The number of aryl methyl sites for hydroxylation is 1. The highest BCUT2D eigenvalue weighted by Crippen LogP contribution is 2.49. The predicted octanol–water partition coefficient (Wildman–Crippen LogP) is 11.0. The molecule has 0 unspecified atom stereocenters. The van der Waals surface area contributed by atoms with E-state index in [0.29, 0.717) is 53.9 Å². The van der Waals surface area contributed by atoms with E-state index in [1.54, 1.807) is 50.4 Å². The number of alkyl carbamates (subject to hydrolysis) is 1. The summed E-state index contributed by atoms with van der Waals surface area (Å²) in [6.45, 7) is 19.9. The molecule has 0 radical (unpaired) electrons. The number of fused-ring (bicyclic) bond motifs is 2. The molecule has 10 atom stereocenters. The summed E-state index contributed by atoms with van der Waals surface area (Å²) in [5, 5.41) is 69.7. The number of amides is 7. The number of ether oxygens (including phenoxy) is 3. The molecule has 3 aliphatic rings. The molecule has 150 heavy (non-hydrogen) atoms. The SMILES string of the molecule is CC[N+]1=C(/C=C/C=C/C=C/C=C2/N(CCCCCC(=O)C[C@H](CCC(=O)O)C(=O)N[C@H](CCC(=O)O)C(=O)C[C@H](CCC(=O)O)C(=O)N[C@H](CCC(=O)O)C(=O)C[C@H](CCC(=O)O)[C@@H](Cc3ccc(/C(C)=N/OCCNC(=O)OCCOC)cc3)C(=O)CCCOCC(=O)N3CCC[C@H]3C(=O)N[C@@H](CC(C)C)C(=O)CCC(=O)N[C@@H](CSC)C(=O)C[C@@H](C)C(=O)NC)c3ccc(S(=O)(=O)O)cc3C2(C)C)C(C)(C)c2cc(C)ccc21. The molecule has 0 saturated carbocycles. The molecule has 40 nitrogen and oxygen atoms in total. The molecule has 824 valence electrons. The van der Waals surface area contributed by atoms with E-state index in [4.69, 9.17) is 19.0 Å². The number of anilines is 1. The highest BCUT2D eigenvalue weighted by molar-refractivity contribution is 7.98. The molecule has 6 rings (SSSR count). The van der Waals surface area contributed by atoms with Crippen molar-refractivity contribution < 1.29 is 148 Å². The number of carboxylic acid groups (broad SMARTS) is 5. The number of carbonyl (C=O) groups is 18. The minimum Gasteiger partial charge on any atom is -0.481 e. The van der Waals surface area contributed by atoms with Crippen LogP contribution in [0.3, 0.4) is 0 Å². The normalized spacial score (nSPS) is 16.3. The number of likely N-dealkylation sites (tertiary alicyclic amines) is 1. The zero-order valence-corrected chi connectivity index (χ0v) is 89.8. The van der Waals surface area contributed by atoms with Crippen molar-refractivity contribution >= 4 is 151 Å². The molecule has 1 saturated heterocycles. The van der Waals surface area contributed by atoms with Crippen LogP contribution in [0, 0.1) is 42.4 Å². The number of ketones is 6. The first-order valence-corrected chi connectivity index (χ1v) is 53.9. The molecule has 3 aromatic carbocycles. The molecule has 7 amide bonds. The number of aliphatic carboxylic acids is 5. The van der Waals surface area contributed by atoms with Crippen molar-refractivity contribution in [1.29, 1.82) is 0 Å². The van der Waals surface area contributed by atoms with Crippen LogP contribution < -0.4 is 36.8 Å². The number of hydrogen-bond acceptors (Lipinski definition) is 27. The Hall–Kier alpha value is -12.8. The smallest absolute Gasteiger partial charge is 0.407 e. The molecule has 12 N–H and O–H groups in total. The standard InChI is InChI=1S/C108H150N10O30S2/c1-14-116-85-41-30-68(4)58-79(85)107(7,8)93(116)28-20-16-15-17-21-29-94-108(9,10)80-64-77(150(142,143)144)38-42-86(80)117(94)51-22-18-19-25-76(119)61-74(36-46-98(129)130)103(138)112-82(40-49-101(135)136)92(124)63-75(37-47-99(131)132)104(139)113-81(39-48-100(133)134)91(123)62-73(35-45-97(127)128)78(60-71-31-33-72(34-32-71)70(6)115-148-54-50-110-106(141)147-56-55-145-12)88(120)27-24-53-146-65-96(126)118-52-23-26-87(118)105(140)114-83(57-67(2)3)89(121)43-44-95(125)111-84(66-149-13)90(122)59-69(5)102(137)109-11/h15-17,20-21,28-34,38,41-42,58,64,67,69,73-75,78,81-84,87H,14,18-19,22-27,35-37,39-40,43-57,59-63,65-66H2,1-13H3,(H11-,109,110,111,112,113,114,125,127,128,129,130,131,132,133,134,135,136,137,138,139,140,141,142,143,144)/p+1/b115-70+/t69-,73+,74+,75+,78-,81-,82-,83+,84+,87+/m1/s1. The van der Waals surface area contributed by atoms with E-state index in [1.807, 2.05) is 69.1 Å². The Balaban J connectivity index is 1.18. The number of methoxy groups -OCH3 is 1. The minimum absolute atomic E-state index is 0.0147. The Bertz CT molecular complexity index is 5570. The average molecular weight is 2130 g/mol. The van der Waals surface area contributed by atoms with Crippen molar-refractivity contribution in [2.75, 3.05) is 90.3 Å². The summed E-state index contributed by atoms with van der Waals surface area (Å²) in [6.07, 6.45) is 6.49. The third-order valence-corrected chi connectivity index (χ3v) is 28.4. The van der Waals surface area contributed by atoms with Crippen molar-refractivity contribution in [1.82, 2.24) is 36.8 Å². The number of allylic oxidation sites excluding steroid dienone is 8. The Morgan fingerprint density at radius 3 is 1.81 bits per heavy atom. The van der Waals surface area contributed by atoms with Crippen molar-refractivity contribution in [2.24, 2.45) is 40.7 Å². The molecule has 0 aliphatic carbocycles. The van der Waals surface area contributed by atoms with Crippen LogP contribution in [0.1, 0.15) is 251 Å². The fourth-order valence-corrected chi connectivity index (χ4v) is 19.8. The van der Waals surface area contributed by atoms with Gasteiger partial charge in [-0.05, 0) is 177 Å². The van der Waals surface area contributed by atoms with Crippen LogP contribution >= 0.6 is 11.8 Å². The third kappa shape index (κ3) is 41.2. The molecule has 0 bridgehead atoms. The lowest BCUT2D eigenvalue weighted by Crippen LogP contribution is -2.52. The van der Waals surface area contributed by atoms with Gasteiger partial charge in [0, 0.05) is 181 Å². The lowest BCUT2D eigenvalue weighted by molar-refractivity contribution is -0.433. The second-order valence-electron chi connectivity index (χ2n) is 39.6. The van der Waals surface area contributed by atoms with Gasteiger partial charge in [0.05, 0.1) is 53.3 Å². The molecule has 42 heteroatoms. The van der Waals surface area contributed by atoms with E-state index in [-0.39, 0.29) is 144 Å². The summed E-state index contributed by atoms with van der Waals surface area (Å²) in [4.78, 5) is 251. The zero-order valence-electron chi connectivity index (χ0n) is 88.2. The molecule has 0 aromatic heterocycles. The monoisotopic (exact) mass is 2130 g/mol. The Kier molecular flexibility index (Phi) is 52.6. The van der Waals surface area contributed by atoms with E-state index in [9.17, 15) is 115 Å². The van der Waals surface area contributed by atoms with Gasteiger partial charge in [0.25, 0.3) is 10.1 Å². The van der Waals surface area contributed by atoms with Gasteiger partial charge in [0.15, 0.2) is 28.8 Å². The predicted molar refractivity (Wildman–Crippen MR) is 559 cm³/mol. The summed E-state index contributed by atoms with van der Waals surface area (Å²) in [5.74, 6) is -21.5. The van der Waals surface area contributed by atoms with E-state index < -0.39 is 253 Å². The number of nitrogens with one attached hydrogen (secondary N) is 6. The van der Waals surface area contributed by atoms with Gasteiger partial charge in [0.1, 0.15) is 44.0 Å². The van der Waals surface area contributed by atoms with Crippen LogP contribution in [0.2, 0.25) is 0 Å². The first kappa shape index (κ1) is 126. The maximum atomic E-state index is 15.2. The number of oxime groups is 1. The van der Waals surface area contributed by atoms with Crippen LogP contribution in [0.5, 0.6) is 0 Å². The molecule has 1 fully saturated rings. The van der Waals surface area contributed by atoms with Gasteiger partial charge in [-0.15, -0.1) is 0 Å². The van der Waals surface area contributed by atoms with Crippen molar-refractivity contribution in [3.05, 3.63) is 137 Å². The largest absolute Gasteiger partial charge is 0.481 e. The first-order chi connectivity index (χ1) is 70.9. The maximum absolute atomic E-state index is 15.2. The van der Waals surface area contributed by atoms with Gasteiger partial charge < -0.3 is 86.3 Å². The van der Waals surface area contributed by atoms with Crippen LogP contribution in [0.4, 0.5) is 16.2 Å². The fourth-order valence-electron chi connectivity index (χ4n) is 18.7. The summed E-state index contributed by atoms with van der Waals surface area (Å²) in [6, 6.07) is 10.8. The average Bonchev–Trinajstić information content (AvgIpc) is 1.22. The van der Waals surface area contributed by atoms with Gasteiger partial charge in [-0.1, -0.05) is 112 Å². The number of nitrogens with zero attached hydrogens (tertiary/aromatic N) is 4. The Morgan fingerprint density at radius 2 is 1.21 bits per heavy atom. The van der Waals surface area contributed by atoms with E-state index in [0.717, 1.165) is 18.0 Å². The number of Topliss-reactive ketones (excluding diaryl/α,β-unsaturated/α-hetero) is 6. The minimum atomic E-state index is -4.60. The second-order valence-corrected chi connectivity index (χ2v) is 41.9. The number of benzene rings is 3. The Labute approximate surface area is 880 Å². The molecular formula is C108H151N10O30S2+. The third-order valence-electron chi connectivity index (χ3n) is 26.9. The zero-order chi connectivity index (χ0) is 111. The van der Waals surface area contributed by atoms with Crippen molar-refractivity contribution in [3.63, 3.8) is 0 Å². The van der Waals surface area contributed by atoms with Gasteiger partial charge in [-0.25, -0.2) is 4.79 Å². The van der Waals surface area contributed by atoms with E-state index in [2.05, 4.69) is 93.6 Å². The topological polar surface area (TPSA) is 594 Å². The maximum Gasteiger partial charge on any atom is 0.407 e. The second kappa shape index (κ2) is 62.7. The lowest BCUT2D eigenvalue weighted by atomic mass is 9.76. The van der Waals surface area contributed by atoms with Gasteiger partial charge in [0.2, 0.25) is 41.1 Å². The Morgan fingerprint density at radius 1 is 0.600 bits per heavy atom. The van der Waals surface area contributed by atoms with Crippen molar-refractivity contribution in [2.45, 2.75) is 282 Å². The number of unbranched alkanes of at least 4 members (excludes halogenated alkanes) is 2. The summed E-state index contributed by atoms with van der Waals surface area (Å²) in [7, 11) is -1.71. The van der Waals surface area contributed by atoms with E-state index in [1.165, 1.54) is 59.8 Å². The van der Waals surface area contributed by atoms with Gasteiger partial charge in [-0.3, -0.25) is 86.1 Å². The van der Waals surface area contributed by atoms with Crippen LogP contribution in [-0.2, 0) is 128 Å². The summed E-state index contributed by atoms with van der Waals surface area (Å²) >= 11 is 1.31. The summed E-state index contributed by atoms with van der Waals surface area (Å²) < 4.78 is 53.0. The van der Waals surface area contributed by atoms with Gasteiger partial charge >= 0.3 is 35.9 Å². The van der Waals surface area contributed by atoms with Crippen LogP contribution in [-0.4, -0.2) is 281 Å². The number of carboxylic acids is 5. The molecular weight excluding hydrogens is 1980 g/mol. The first-order valence-electron chi connectivity index (χ1n) is 51.0. The summed E-state index contributed by atoms with van der Waals surface area (Å²) in [5.41, 5.74) is 7.21. The molecule has 3 heterocycles. The fraction of sp³-hybridized carbons (Fsp3) is 0.574. The van der Waals surface area contributed by atoms with Crippen LogP contribution in [0.25, 0.3) is 0 Å². The quantitative estimate of drug-likeness (QED) is 0.00624. The lowest BCUT2D eigenvalue weighted by Gasteiger charge is -2.28.